The van der Waals surface area contributed by atoms with E-state index in [1.807, 2.05) is 0 Å². The average molecular weight is 238 g/mol. The van der Waals surface area contributed by atoms with Gasteiger partial charge in [0.1, 0.15) is 4.36 Å². The predicted molar refractivity (Wildman–Crippen MR) is 53.6 cm³/mol. The molecular formula is C6H8ClN3O3S. The number of aliphatic carboxylic acids is 1. The van der Waals surface area contributed by atoms with Gasteiger partial charge >= 0.3 is 5.97 Å². The number of amidine groups is 1. The highest BCUT2D eigenvalue weighted by Crippen LogP contribution is 2.26. The topological polar surface area (TPSA) is 97.3 Å². The van der Waals surface area contributed by atoms with E-state index >= 15 is 0 Å². The second-order valence-corrected chi connectivity index (χ2v) is 4.43. The molecule has 0 spiro atoms. The van der Waals surface area contributed by atoms with E-state index in [2.05, 4.69) is 14.4 Å². The molecule has 0 radical (unpaired) electrons. The zero-order valence-electron chi connectivity index (χ0n) is 7.23. The van der Waals surface area contributed by atoms with Gasteiger partial charge < -0.3 is 10.8 Å². The molecule has 0 fully saturated rings. The quantitative estimate of drug-likeness (QED) is 0.701. The number of halogens is 1. The lowest BCUT2D eigenvalue weighted by molar-refractivity contribution is -0.136. The van der Waals surface area contributed by atoms with Gasteiger partial charge in [0, 0.05) is 10.7 Å². The van der Waals surface area contributed by atoms with Gasteiger partial charge in [0.25, 0.3) is 0 Å². The summed E-state index contributed by atoms with van der Waals surface area (Å²) in [5.41, 5.74) is 5.73. The molecule has 8 heteroatoms. The lowest BCUT2D eigenvalue weighted by Crippen LogP contribution is -2.14. The molecule has 1 atom stereocenters. The Kier molecular flexibility index (Phi) is 3.62. The average Bonchev–Trinajstić information content (AvgIpc) is 2.32. The highest BCUT2D eigenvalue weighted by Gasteiger charge is 2.22. The molecule has 0 aromatic heterocycles. The zero-order valence-corrected chi connectivity index (χ0v) is 8.80. The van der Waals surface area contributed by atoms with E-state index in [1.54, 1.807) is 0 Å². The number of nitrogens with two attached hydrogens (primary N) is 1. The number of hydrogen-bond donors (Lipinski definition) is 2. The Labute approximate surface area is 87.5 Å². The molecular weight excluding hydrogens is 230 g/mol. The molecule has 0 amide bonds. The van der Waals surface area contributed by atoms with Crippen molar-refractivity contribution in [2.45, 2.75) is 6.42 Å². The summed E-state index contributed by atoms with van der Waals surface area (Å²) in [7, 11) is 0.410. The normalized spacial score (nSPS) is 21.6. The van der Waals surface area contributed by atoms with Crippen molar-refractivity contribution in [3.05, 3.63) is 10.1 Å². The maximum Gasteiger partial charge on any atom is 0.309 e. The van der Waals surface area contributed by atoms with Crippen molar-refractivity contribution in [2.75, 3.05) is 7.11 Å². The van der Waals surface area contributed by atoms with Crippen LogP contribution in [0, 0.1) is 0 Å². The maximum absolute atomic E-state index is 10.4. The summed E-state index contributed by atoms with van der Waals surface area (Å²) in [5, 5.41) is 8.71. The van der Waals surface area contributed by atoms with E-state index in [0.717, 1.165) is 0 Å². The second kappa shape index (κ2) is 4.54. The number of aliphatic imine (C=N–C) groups is 1. The zero-order chi connectivity index (χ0) is 10.7. The fourth-order valence-electron chi connectivity index (χ4n) is 0.821. The summed E-state index contributed by atoms with van der Waals surface area (Å²) in [5.74, 6) is -1.02. The first-order valence-corrected chi connectivity index (χ1v) is 5.05. The summed E-state index contributed by atoms with van der Waals surface area (Å²) in [6.45, 7) is 0. The van der Waals surface area contributed by atoms with Gasteiger partial charge in [0.15, 0.2) is 5.17 Å². The van der Waals surface area contributed by atoms with Crippen LogP contribution >= 0.6 is 11.6 Å². The van der Waals surface area contributed by atoms with Crippen LogP contribution in [0.4, 0.5) is 0 Å². The first-order chi connectivity index (χ1) is 6.56. The lowest BCUT2D eigenvalue weighted by Gasteiger charge is -1.96. The van der Waals surface area contributed by atoms with Crippen molar-refractivity contribution < 1.29 is 14.7 Å². The number of nitrogens with zero attached hydrogens (tertiary/aromatic N) is 2. The molecule has 1 rings (SSSR count). The van der Waals surface area contributed by atoms with Crippen molar-refractivity contribution in [3.8, 4) is 0 Å². The Hall–Kier alpha value is -0.920. The Morgan fingerprint density at radius 2 is 2.50 bits per heavy atom. The standard InChI is InChI=1S/C6H8ClN3O3S/c1-13-10-14-5(7)3(2-4(11)12)9-6(14)8/h2H2,1H3,(H2,8,9)(H,11,12). The Bertz CT molecular complexity index is 363. The summed E-state index contributed by atoms with van der Waals surface area (Å²) in [6.07, 6.45) is -0.262. The Morgan fingerprint density at radius 3 is 3.00 bits per heavy atom. The number of carboxylic acid groups (broad SMARTS) is 1. The molecule has 1 unspecified atom stereocenters. The van der Waals surface area contributed by atoms with Crippen molar-refractivity contribution in [1.29, 1.82) is 0 Å². The van der Waals surface area contributed by atoms with E-state index in [-0.39, 0.29) is 21.6 Å². The summed E-state index contributed by atoms with van der Waals surface area (Å²) < 4.78 is 3.86. The molecule has 0 saturated heterocycles. The van der Waals surface area contributed by atoms with Gasteiger partial charge in [-0.2, -0.15) is 0 Å². The van der Waals surface area contributed by atoms with Gasteiger partial charge in [0.05, 0.1) is 19.2 Å². The third-order valence-corrected chi connectivity index (χ3v) is 3.33. The first-order valence-electron chi connectivity index (χ1n) is 3.49. The molecule has 3 N–H and O–H groups in total. The second-order valence-electron chi connectivity index (χ2n) is 2.28. The fraction of sp³-hybridized carbons (Fsp3) is 0.333. The van der Waals surface area contributed by atoms with Crippen LogP contribution in [0.3, 0.4) is 0 Å². The number of rotatable bonds is 3. The van der Waals surface area contributed by atoms with Gasteiger partial charge in [-0.25, -0.2) is 9.83 Å². The van der Waals surface area contributed by atoms with Crippen LogP contribution in [0.2, 0.25) is 0 Å². The first kappa shape index (κ1) is 11.2. The van der Waals surface area contributed by atoms with Gasteiger partial charge in [-0.3, -0.25) is 4.79 Å². The van der Waals surface area contributed by atoms with Gasteiger partial charge in [-0.05, 0) is 0 Å². The molecule has 0 bridgehead atoms. The summed E-state index contributed by atoms with van der Waals surface area (Å²) in [4.78, 5) is 18.8. The van der Waals surface area contributed by atoms with Gasteiger partial charge in [-0.15, -0.1) is 0 Å². The largest absolute Gasteiger partial charge is 0.481 e. The van der Waals surface area contributed by atoms with Crippen LogP contribution in [0.5, 0.6) is 0 Å². The van der Waals surface area contributed by atoms with Crippen LogP contribution < -0.4 is 5.73 Å². The molecule has 0 aromatic rings. The van der Waals surface area contributed by atoms with Crippen LogP contribution in [-0.4, -0.2) is 23.4 Å². The SMILES string of the molecule is CON=S1C(N)=NC(CC(=O)O)=C1Cl. The predicted octanol–water partition coefficient (Wildman–Crippen LogP) is 0.561. The molecule has 78 valence electrons. The number of carboxylic acids is 1. The van der Waals surface area contributed by atoms with Gasteiger partial charge in [0.2, 0.25) is 0 Å². The molecule has 1 heterocycles. The number of hydrogen-bond acceptors (Lipinski definition) is 5. The lowest BCUT2D eigenvalue weighted by atomic mass is 10.3. The summed E-state index contributed by atoms with van der Waals surface area (Å²) in [6, 6.07) is 0. The fourth-order valence-corrected chi connectivity index (χ4v) is 2.26. The third-order valence-electron chi connectivity index (χ3n) is 1.31. The molecule has 0 aliphatic carbocycles. The molecule has 0 saturated carbocycles. The van der Waals surface area contributed by atoms with Crippen LogP contribution in [0.1, 0.15) is 6.42 Å². The van der Waals surface area contributed by atoms with Crippen LogP contribution in [0.15, 0.2) is 19.6 Å². The van der Waals surface area contributed by atoms with Crippen molar-refractivity contribution in [2.24, 2.45) is 15.3 Å². The Balaban J connectivity index is 2.97. The van der Waals surface area contributed by atoms with Crippen molar-refractivity contribution in [1.82, 2.24) is 0 Å². The molecule has 1 aliphatic rings. The Morgan fingerprint density at radius 1 is 1.86 bits per heavy atom. The van der Waals surface area contributed by atoms with Gasteiger partial charge in [-0.1, -0.05) is 16.1 Å². The minimum atomic E-state index is -1.02. The smallest absolute Gasteiger partial charge is 0.309 e. The number of carbonyl (C=O) groups is 1. The molecule has 14 heavy (non-hydrogen) atoms. The van der Waals surface area contributed by atoms with Crippen molar-refractivity contribution >= 4 is 33.4 Å². The highest BCUT2D eigenvalue weighted by molar-refractivity contribution is 8.07. The van der Waals surface area contributed by atoms with E-state index in [0.29, 0.717) is 0 Å². The monoisotopic (exact) mass is 237 g/mol. The van der Waals surface area contributed by atoms with E-state index < -0.39 is 16.7 Å². The van der Waals surface area contributed by atoms with E-state index in [4.69, 9.17) is 22.4 Å². The molecule has 0 aromatic carbocycles. The van der Waals surface area contributed by atoms with Crippen LogP contribution in [-0.2, 0) is 20.3 Å². The van der Waals surface area contributed by atoms with Crippen molar-refractivity contribution in [3.63, 3.8) is 0 Å². The maximum atomic E-state index is 10.4. The summed E-state index contributed by atoms with van der Waals surface area (Å²) >= 11 is 5.82. The highest BCUT2D eigenvalue weighted by atomic mass is 35.5. The minimum absolute atomic E-state index is 0.174. The molecule has 6 nitrogen and oxygen atoms in total. The van der Waals surface area contributed by atoms with Crippen LogP contribution in [0.25, 0.3) is 0 Å². The van der Waals surface area contributed by atoms with E-state index in [9.17, 15) is 4.79 Å². The third kappa shape index (κ3) is 2.31. The van der Waals surface area contributed by atoms with E-state index in [1.165, 1.54) is 7.11 Å². The molecule has 1 aliphatic heterocycles. The minimum Gasteiger partial charge on any atom is -0.481 e.